The average Bonchev–Trinajstić information content (AvgIpc) is 2.27. The van der Waals surface area contributed by atoms with E-state index in [2.05, 4.69) is 20.9 Å². The Balaban J connectivity index is 2.83. The lowest BCUT2D eigenvalue weighted by atomic mass is 10.1. The number of ether oxygens (including phenoxy) is 1. The number of aromatic carboxylic acids is 1. The van der Waals surface area contributed by atoms with Crippen molar-refractivity contribution in [3.63, 3.8) is 0 Å². The van der Waals surface area contributed by atoms with E-state index in [4.69, 9.17) is 9.84 Å². The summed E-state index contributed by atoms with van der Waals surface area (Å²) in [6.45, 7) is 0. The van der Waals surface area contributed by atoms with E-state index in [0.717, 1.165) is 0 Å². The number of carboxylic acid groups (broad SMARTS) is 1. The first-order valence-corrected chi connectivity index (χ1v) is 5.28. The lowest BCUT2D eigenvalue weighted by Gasteiger charge is -2.06. The maximum atomic E-state index is 11.0. The summed E-state index contributed by atoms with van der Waals surface area (Å²) in [7, 11) is 1.55. The minimum absolute atomic E-state index is 0.222. The SMILES string of the molecule is COc1cc(Br)c2c(C(=O)O)ccnc2c1. The standard InChI is InChI=1S/C11H8BrNO3/c1-16-6-4-8(12)10-7(11(14)15)2-3-13-9(10)5-6/h2-5H,1H3,(H,14,15). The predicted octanol–water partition coefficient (Wildman–Crippen LogP) is 2.70. The smallest absolute Gasteiger partial charge is 0.336 e. The number of hydrogen-bond donors (Lipinski definition) is 1. The van der Waals surface area contributed by atoms with Crippen LogP contribution in [0.4, 0.5) is 0 Å². The van der Waals surface area contributed by atoms with Crippen molar-refractivity contribution in [2.24, 2.45) is 0 Å². The van der Waals surface area contributed by atoms with E-state index >= 15 is 0 Å². The van der Waals surface area contributed by atoms with Gasteiger partial charge in [-0.1, -0.05) is 0 Å². The molecule has 0 radical (unpaired) electrons. The number of benzene rings is 1. The number of pyridine rings is 1. The van der Waals surface area contributed by atoms with E-state index in [1.165, 1.54) is 12.3 Å². The summed E-state index contributed by atoms with van der Waals surface area (Å²) in [5.41, 5.74) is 0.811. The summed E-state index contributed by atoms with van der Waals surface area (Å²) in [5.74, 6) is -0.340. The third-order valence-electron chi connectivity index (χ3n) is 2.23. The molecule has 1 heterocycles. The fourth-order valence-electron chi connectivity index (χ4n) is 1.51. The molecule has 0 spiro atoms. The van der Waals surface area contributed by atoms with Gasteiger partial charge in [0.15, 0.2) is 0 Å². The van der Waals surface area contributed by atoms with Crippen LogP contribution in [0.25, 0.3) is 10.9 Å². The van der Waals surface area contributed by atoms with Crippen molar-refractivity contribution in [2.45, 2.75) is 0 Å². The Bertz CT molecular complexity index is 568. The number of methoxy groups -OCH3 is 1. The Hall–Kier alpha value is -1.62. The number of fused-ring (bicyclic) bond motifs is 1. The van der Waals surface area contributed by atoms with Gasteiger partial charge in [0.1, 0.15) is 5.75 Å². The maximum absolute atomic E-state index is 11.0. The molecule has 0 aliphatic carbocycles. The van der Waals surface area contributed by atoms with Crippen LogP contribution in [0.5, 0.6) is 5.75 Å². The van der Waals surface area contributed by atoms with Crippen LogP contribution < -0.4 is 4.74 Å². The number of nitrogens with zero attached hydrogens (tertiary/aromatic N) is 1. The van der Waals surface area contributed by atoms with E-state index in [1.54, 1.807) is 19.2 Å². The number of rotatable bonds is 2. The minimum Gasteiger partial charge on any atom is -0.497 e. The van der Waals surface area contributed by atoms with Crippen LogP contribution in [0, 0.1) is 0 Å². The van der Waals surface area contributed by atoms with Crippen LogP contribution >= 0.6 is 15.9 Å². The summed E-state index contributed by atoms with van der Waals surface area (Å²) in [6.07, 6.45) is 1.47. The van der Waals surface area contributed by atoms with Gasteiger partial charge >= 0.3 is 5.97 Å². The molecular formula is C11H8BrNO3. The van der Waals surface area contributed by atoms with Crippen molar-refractivity contribution in [1.82, 2.24) is 4.98 Å². The lowest BCUT2D eigenvalue weighted by Crippen LogP contribution is -1.99. The van der Waals surface area contributed by atoms with Crippen molar-refractivity contribution in [1.29, 1.82) is 0 Å². The van der Waals surface area contributed by atoms with Gasteiger partial charge in [-0.3, -0.25) is 4.98 Å². The third-order valence-corrected chi connectivity index (χ3v) is 2.86. The molecule has 0 fully saturated rings. The van der Waals surface area contributed by atoms with Crippen molar-refractivity contribution < 1.29 is 14.6 Å². The van der Waals surface area contributed by atoms with E-state index in [9.17, 15) is 4.79 Å². The first-order chi connectivity index (χ1) is 7.63. The van der Waals surface area contributed by atoms with Gasteiger partial charge in [0.2, 0.25) is 0 Å². The quantitative estimate of drug-likeness (QED) is 0.920. The predicted molar refractivity (Wildman–Crippen MR) is 63.0 cm³/mol. The van der Waals surface area contributed by atoms with E-state index < -0.39 is 5.97 Å². The monoisotopic (exact) mass is 281 g/mol. The van der Waals surface area contributed by atoms with Crippen molar-refractivity contribution in [3.05, 3.63) is 34.4 Å². The Morgan fingerprint density at radius 3 is 2.88 bits per heavy atom. The van der Waals surface area contributed by atoms with Gasteiger partial charge in [0.25, 0.3) is 0 Å². The van der Waals surface area contributed by atoms with E-state index in [0.29, 0.717) is 21.1 Å². The van der Waals surface area contributed by atoms with Crippen LogP contribution in [0.2, 0.25) is 0 Å². The topological polar surface area (TPSA) is 59.4 Å². The van der Waals surface area contributed by atoms with Crippen molar-refractivity contribution in [2.75, 3.05) is 7.11 Å². The van der Waals surface area contributed by atoms with Gasteiger partial charge < -0.3 is 9.84 Å². The molecule has 1 aromatic carbocycles. The van der Waals surface area contributed by atoms with Crippen LogP contribution in [0.3, 0.4) is 0 Å². The Labute approximate surface area is 100.0 Å². The summed E-state index contributed by atoms with van der Waals surface area (Å²) in [5, 5.41) is 9.63. The lowest BCUT2D eigenvalue weighted by molar-refractivity contribution is 0.0699. The molecule has 2 rings (SSSR count). The fourth-order valence-corrected chi connectivity index (χ4v) is 2.15. The number of hydrogen-bond acceptors (Lipinski definition) is 3. The van der Waals surface area contributed by atoms with Gasteiger partial charge in [-0.05, 0) is 28.1 Å². The highest BCUT2D eigenvalue weighted by Crippen LogP contribution is 2.30. The normalized spacial score (nSPS) is 10.4. The second-order valence-corrected chi connectivity index (χ2v) is 4.02. The fraction of sp³-hybridized carbons (Fsp3) is 0.0909. The molecule has 5 heteroatoms. The number of aromatic nitrogens is 1. The second kappa shape index (κ2) is 4.09. The molecule has 0 aliphatic heterocycles. The molecule has 0 atom stereocenters. The molecule has 82 valence electrons. The second-order valence-electron chi connectivity index (χ2n) is 3.17. The van der Waals surface area contributed by atoms with Gasteiger partial charge in [-0.2, -0.15) is 0 Å². The van der Waals surface area contributed by atoms with Gasteiger partial charge in [0.05, 0.1) is 18.2 Å². The molecule has 0 unspecified atom stereocenters. The Kier molecular flexibility index (Phi) is 2.78. The highest BCUT2D eigenvalue weighted by molar-refractivity contribution is 9.10. The Morgan fingerprint density at radius 2 is 2.25 bits per heavy atom. The van der Waals surface area contributed by atoms with Crippen LogP contribution in [0.15, 0.2) is 28.9 Å². The van der Waals surface area contributed by atoms with Crippen molar-refractivity contribution >= 4 is 32.8 Å². The first-order valence-electron chi connectivity index (χ1n) is 4.49. The highest BCUT2D eigenvalue weighted by Gasteiger charge is 2.12. The van der Waals surface area contributed by atoms with Gasteiger partial charge in [0, 0.05) is 22.1 Å². The molecule has 0 aliphatic rings. The zero-order chi connectivity index (χ0) is 11.7. The average molecular weight is 282 g/mol. The van der Waals surface area contributed by atoms with Crippen LogP contribution in [-0.4, -0.2) is 23.2 Å². The van der Waals surface area contributed by atoms with Crippen LogP contribution in [0.1, 0.15) is 10.4 Å². The largest absolute Gasteiger partial charge is 0.497 e. The first kappa shape index (κ1) is 10.9. The molecule has 16 heavy (non-hydrogen) atoms. The van der Waals surface area contributed by atoms with Gasteiger partial charge in [-0.15, -0.1) is 0 Å². The highest BCUT2D eigenvalue weighted by atomic mass is 79.9. The zero-order valence-corrected chi connectivity index (χ0v) is 9.98. The maximum Gasteiger partial charge on any atom is 0.336 e. The summed E-state index contributed by atoms with van der Waals surface area (Å²) >= 11 is 3.32. The third kappa shape index (κ3) is 1.74. The number of carboxylic acids is 1. The van der Waals surface area contributed by atoms with E-state index in [1.807, 2.05) is 0 Å². The van der Waals surface area contributed by atoms with Crippen LogP contribution in [-0.2, 0) is 0 Å². The minimum atomic E-state index is -0.974. The zero-order valence-electron chi connectivity index (χ0n) is 8.40. The molecule has 0 saturated carbocycles. The van der Waals surface area contributed by atoms with Crippen molar-refractivity contribution in [3.8, 4) is 5.75 Å². The number of carbonyl (C=O) groups is 1. The summed E-state index contributed by atoms with van der Waals surface area (Å²) in [4.78, 5) is 15.2. The van der Waals surface area contributed by atoms with Gasteiger partial charge in [-0.25, -0.2) is 4.79 Å². The molecular weight excluding hydrogens is 274 g/mol. The summed E-state index contributed by atoms with van der Waals surface area (Å²) in [6, 6.07) is 4.89. The molecule has 0 saturated heterocycles. The molecule has 2 aromatic rings. The molecule has 1 N–H and O–H groups in total. The molecule has 0 bridgehead atoms. The number of halogens is 1. The molecule has 0 amide bonds. The van der Waals surface area contributed by atoms with E-state index in [-0.39, 0.29) is 5.56 Å². The summed E-state index contributed by atoms with van der Waals surface area (Å²) < 4.78 is 5.75. The molecule has 4 nitrogen and oxygen atoms in total. The molecule has 1 aromatic heterocycles. The Morgan fingerprint density at radius 1 is 1.50 bits per heavy atom.